The second-order valence-corrected chi connectivity index (χ2v) is 10.1. The van der Waals surface area contributed by atoms with E-state index in [0.29, 0.717) is 5.92 Å². The normalized spacial score (nSPS) is 26.2. The number of ether oxygens (including phenoxy) is 1. The molecular weight excluding hydrogens is 392 g/mol. The van der Waals surface area contributed by atoms with Gasteiger partial charge in [-0.15, -0.1) is 0 Å². The summed E-state index contributed by atoms with van der Waals surface area (Å²) < 4.78 is 6.28. The van der Waals surface area contributed by atoms with Crippen LogP contribution in [0.5, 0.6) is 5.75 Å². The number of nitrogens with one attached hydrogen (secondary N) is 2. The number of hydrogen-bond acceptors (Lipinski definition) is 3. The lowest BCUT2D eigenvalue weighted by molar-refractivity contribution is 0.229. The number of rotatable bonds is 2. The zero-order chi connectivity index (χ0) is 21.9. The van der Waals surface area contributed by atoms with Gasteiger partial charge in [0.05, 0.1) is 11.7 Å². The largest absolute Gasteiger partial charge is 0.482 e. The standard InChI is InChI=1S/C29H30N2O/c1-18-8-11-23-21(14-18)29(2,3)22-16-19(9-12-24(22)30-23)15-20-10-13-26-28(17-20)32-27-7-5-4-6-25(27)31-26/h4-7,9-14,16-18,25,27,30-31H,8,15H2,1-3H3. The zero-order valence-corrected chi connectivity index (χ0v) is 19.0. The average molecular weight is 423 g/mol. The molecule has 162 valence electrons. The third-order valence-corrected chi connectivity index (χ3v) is 7.26. The fourth-order valence-corrected chi connectivity index (χ4v) is 5.42. The summed E-state index contributed by atoms with van der Waals surface area (Å²) in [4.78, 5) is 0. The highest BCUT2D eigenvalue weighted by molar-refractivity contribution is 5.71. The molecule has 2 N–H and O–H groups in total. The van der Waals surface area contributed by atoms with Crippen LogP contribution in [0.15, 0.2) is 84.1 Å². The third kappa shape index (κ3) is 3.19. The maximum absolute atomic E-state index is 6.28. The number of allylic oxidation sites excluding steroid dienone is 5. The fourth-order valence-electron chi connectivity index (χ4n) is 5.42. The van der Waals surface area contributed by atoms with E-state index in [4.69, 9.17) is 4.74 Å². The highest BCUT2D eigenvalue weighted by Crippen LogP contribution is 2.47. The maximum Gasteiger partial charge on any atom is 0.143 e. The van der Waals surface area contributed by atoms with Crippen LogP contribution in [-0.2, 0) is 11.8 Å². The van der Waals surface area contributed by atoms with Crippen LogP contribution in [0.2, 0.25) is 0 Å². The number of benzene rings is 2. The minimum Gasteiger partial charge on any atom is -0.482 e. The summed E-state index contributed by atoms with van der Waals surface area (Å²) in [7, 11) is 0. The SMILES string of the molecule is CC1C=C2C(=CC1)Nc1ccc(Cc3ccc4c(c3)OC3C=CC=CC3N4)cc1C2(C)C. The molecule has 3 unspecified atom stereocenters. The van der Waals surface area contributed by atoms with Gasteiger partial charge >= 0.3 is 0 Å². The van der Waals surface area contributed by atoms with Crippen LogP contribution in [0.4, 0.5) is 11.4 Å². The molecule has 0 saturated carbocycles. The summed E-state index contributed by atoms with van der Waals surface area (Å²) in [6.45, 7) is 7.02. The average Bonchev–Trinajstić information content (AvgIpc) is 2.79. The van der Waals surface area contributed by atoms with Crippen LogP contribution in [0, 0.1) is 5.92 Å². The Bertz CT molecular complexity index is 1210. The van der Waals surface area contributed by atoms with E-state index in [2.05, 4.69) is 104 Å². The van der Waals surface area contributed by atoms with Crippen molar-refractivity contribution in [3.8, 4) is 5.75 Å². The first-order valence-electron chi connectivity index (χ1n) is 11.7. The van der Waals surface area contributed by atoms with Crippen LogP contribution in [0.1, 0.15) is 43.9 Å². The molecule has 2 heterocycles. The molecule has 0 fully saturated rings. The van der Waals surface area contributed by atoms with Crippen molar-refractivity contribution in [2.75, 3.05) is 10.6 Å². The van der Waals surface area contributed by atoms with Crippen LogP contribution in [0.25, 0.3) is 0 Å². The molecule has 0 saturated heterocycles. The zero-order valence-electron chi connectivity index (χ0n) is 19.0. The Morgan fingerprint density at radius 1 is 1.00 bits per heavy atom. The molecule has 3 heteroatoms. The summed E-state index contributed by atoms with van der Waals surface area (Å²) in [5.41, 5.74) is 9.00. The van der Waals surface area contributed by atoms with E-state index >= 15 is 0 Å². The number of fused-ring (bicyclic) bond motifs is 4. The van der Waals surface area contributed by atoms with Gasteiger partial charge in [0.1, 0.15) is 11.9 Å². The second-order valence-electron chi connectivity index (χ2n) is 10.1. The van der Waals surface area contributed by atoms with Crippen LogP contribution in [0.3, 0.4) is 0 Å². The van der Waals surface area contributed by atoms with Gasteiger partial charge in [-0.3, -0.25) is 0 Å². The lowest BCUT2D eigenvalue weighted by Gasteiger charge is -2.40. The van der Waals surface area contributed by atoms with Crippen molar-refractivity contribution in [2.45, 2.75) is 51.2 Å². The molecule has 0 spiro atoms. The van der Waals surface area contributed by atoms with Gasteiger partial charge in [0.15, 0.2) is 0 Å². The summed E-state index contributed by atoms with van der Waals surface area (Å²) in [6, 6.07) is 13.7. The number of anilines is 2. The van der Waals surface area contributed by atoms with Crippen molar-refractivity contribution in [3.63, 3.8) is 0 Å². The molecule has 2 aliphatic heterocycles. The van der Waals surface area contributed by atoms with Gasteiger partial charge in [0.2, 0.25) is 0 Å². The van der Waals surface area contributed by atoms with Gasteiger partial charge in [-0.05, 0) is 65.3 Å². The first kappa shape index (κ1) is 19.5. The molecule has 2 aromatic rings. The molecule has 2 aliphatic carbocycles. The Balaban J connectivity index is 1.29. The van der Waals surface area contributed by atoms with Crippen molar-refractivity contribution in [1.82, 2.24) is 0 Å². The van der Waals surface area contributed by atoms with Crippen LogP contribution in [-0.4, -0.2) is 12.1 Å². The molecular formula is C29H30N2O. The smallest absolute Gasteiger partial charge is 0.143 e. The summed E-state index contributed by atoms with van der Waals surface area (Å²) in [5.74, 6) is 1.54. The molecule has 4 aliphatic rings. The van der Waals surface area contributed by atoms with Crippen LogP contribution < -0.4 is 15.4 Å². The first-order chi connectivity index (χ1) is 15.5. The molecule has 0 radical (unpaired) electrons. The van der Waals surface area contributed by atoms with Gasteiger partial charge in [-0.2, -0.15) is 0 Å². The molecule has 3 nitrogen and oxygen atoms in total. The van der Waals surface area contributed by atoms with E-state index in [9.17, 15) is 0 Å². The Morgan fingerprint density at radius 3 is 2.66 bits per heavy atom. The van der Waals surface area contributed by atoms with Crippen LogP contribution >= 0.6 is 0 Å². The monoisotopic (exact) mass is 422 g/mol. The van der Waals surface area contributed by atoms with Gasteiger partial charge in [-0.25, -0.2) is 0 Å². The van der Waals surface area contributed by atoms with Crippen molar-refractivity contribution < 1.29 is 4.74 Å². The topological polar surface area (TPSA) is 33.3 Å². The van der Waals surface area contributed by atoms with E-state index in [1.165, 1.54) is 33.6 Å². The quantitative estimate of drug-likeness (QED) is 0.580. The van der Waals surface area contributed by atoms with Crippen molar-refractivity contribution in [2.24, 2.45) is 5.92 Å². The fraction of sp³-hybridized carbons (Fsp3) is 0.310. The van der Waals surface area contributed by atoms with E-state index in [1.54, 1.807) is 0 Å². The van der Waals surface area contributed by atoms with Gasteiger partial charge in [0.25, 0.3) is 0 Å². The van der Waals surface area contributed by atoms with E-state index in [0.717, 1.165) is 24.3 Å². The minimum atomic E-state index is -0.00413. The number of hydrogen-bond donors (Lipinski definition) is 2. The molecule has 3 atom stereocenters. The predicted molar refractivity (Wildman–Crippen MR) is 132 cm³/mol. The third-order valence-electron chi connectivity index (χ3n) is 7.26. The molecule has 0 amide bonds. The molecule has 6 rings (SSSR count). The Morgan fingerprint density at radius 2 is 1.78 bits per heavy atom. The van der Waals surface area contributed by atoms with E-state index < -0.39 is 0 Å². The highest BCUT2D eigenvalue weighted by atomic mass is 16.5. The lowest BCUT2D eigenvalue weighted by atomic mass is 9.70. The Labute approximate surface area is 190 Å². The maximum atomic E-state index is 6.28. The van der Waals surface area contributed by atoms with Gasteiger partial charge in [-0.1, -0.05) is 69.4 Å². The van der Waals surface area contributed by atoms with Gasteiger partial charge in [0, 0.05) is 16.8 Å². The van der Waals surface area contributed by atoms with E-state index in [1.807, 2.05) is 0 Å². The minimum absolute atomic E-state index is 0.00413. The van der Waals surface area contributed by atoms with Crippen molar-refractivity contribution in [3.05, 3.63) is 101 Å². The molecule has 0 aromatic heterocycles. The summed E-state index contributed by atoms with van der Waals surface area (Å²) in [5, 5.41) is 7.27. The summed E-state index contributed by atoms with van der Waals surface area (Å²) in [6.07, 6.45) is 15.3. The lowest BCUT2D eigenvalue weighted by Crippen LogP contribution is -2.39. The first-order valence-corrected chi connectivity index (χ1v) is 11.7. The molecule has 32 heavy (non-hydrogen) atoms. The van der Waals surface area contributed by atoms with E-state index in [-0.39, 0.29) is 17.6 Å². The van der Waals surface area contributed by atoms with Crippen molar-refractivity contribution >= 4 is 11.4 Å². The Hall–Kier alpha value is -3.20. The summed E-state index contributed by atoms with van der Waals surface area (Å²) >= 11 is 0. The second kappa shape index (κ2) is 7.16. The molecule has 0 bridgehead atoms. The Kier molecular flexibility index (Phi) is 4.36. The van der Waals surface area contributed by atoms with Crippen molar-refractivity contribution in [1.29, 1.82) is 0 Å². The highest BCUT2D eigenvalue weighted by Gasteiger charge is 2.36. The van der Waals surface area contributed by atoms with Gasteiger partial charge < -0.3 is 15.4 Å². The predicted octanol–water partition coefficient (Wildman–Crippen LogP) is 6.50. The molecule has 2 aromatic carbocycles.